The van der Waals surface area contributed by atoms with Gasteiger partial charge in [0.15, 0.2) is 0 Å². The van der Waals surface area contributed by atoms with Crippen molar-refractivity contribution in [1.82, 2.24) is 10.2 Å². The van der Waals surface area contributed by atoms with E-state index in [4.69, 9.17) is 0 Å². The third kappa shape index (κ3) is 2.34. The Morgan fingerprint density at radius 2 is 2.06 bits per heavy atom. The van der Waals surface area contributed by atoms with Crippen LogP contribution in [-0.2, 0) is 6.42 Å². The van der Waals surface area contributed by atoms with E-state index in [0.717, 1.165) is 37.2 Å². The second kappa shape index (κ2) is 5.32. The van der Waals surface area contributed by atoms with E-state index in [9.17, 15) is 4.79 Å². The SMILES string of the molecule is CCc1ccccc1C(=O)N(CC)C1CNC1. The van der Waals surface area contributed by atoms with Gasteiger partial charge in [-0.15, -0.1) is 0 Å². The molecule has 0 saturated carbocycles. The van der Waals surface area contributed by atoms with Gasteiger partial charge in [-0.1, -0.05) is 25.1 Å². The molecule has 1 amide bonds. The number of rotatable bonds is 4. The van der Waals surface area contributed by atoms with E-state index >= 15 is 0 Å². The summed E-state index contributed by atoms with van der Waals surface area (Å²) in [5.74, 6) is 0.177. The fourth-order valence-corrected chi connectivity index (χ4v) is 2.25. The summed E-state index contributed by atoms with van der Waals surface area (Å²) in [5.41, 5.74) is 2.01. The van der Waals surface area contributed by atoms with Gasteiger partial charge in [0.05, 0.1) is 6.04 Å². The largest absolute Gasteiger partial charge is 0.333 e. The first-order chi connectivity index (χ1) is 8.27. The molecule has 1 aromatic carbocycles. The van der Waals surface area contributed by atoms with Gasteiger partial charge in [0.2, 0.25) is 0 Å². The topological polar surface area (TPSA) is 32.3 Å². The van der Waals surface area contributed by atoms with Crippen LogP contribution >= 0.6 is 0 Å². The Morgan fingerprint density at radius 3 is 2.59 bits per heavy atom. The number of carbonyl (C=O) groups is 1. The average Bonchev–Trinajstić information content (AvgIpc) is 2.32. The van der Waals surface area contributed by atoms with Crippen molar-refractivity contribution in [1.29, 1.82) is 0 Å². The number of hydrogen-bond donors (Lipinski definition) is 1. The van der Waals surface area contributed by atoms with E-state index in [0.29, 0.717) is 6.04 Å². The van der Waals surface area contributed by atoms with Crippen LogP contribution in [0.2, 0.25) is 0 Å². The Hall–Kier alpha value is -1.35. The van der Waals surface area contributed by atoms with Crippen LogP contribution in [0.15, 0.2) is 24.3 Å². The van der Waals surface area contributed by atoms with Gasteiger partial charge in [-0.3, -0.25) is 4.79 Å². The zero-order valence-corrected chi connectivity index (χ0v) is 10.6. The number of likely N-dealkylation sites (N-methyl/N-ethyl adjacent to an activating group) is 1. The van der Waals surface area contributed by atoms with E-state index < -0.39 is 0 Å². The zero-order valence-electron chi connectivity index (χ0n) is 10.6. The van der Waals surface area contributed by atoms with Crippen molar-refractivity contribution in [2.24, 2.45) is 0 Å². The number of nitrogens with zero attached hydrogens (tertiary/aromatic N) is 1. The van der Waals surface area contributed by atoms with Crippen LogP contribution < -0.4 is 5.32 Å². The standard InChI is InChI=1S/C14H20N2O/c1-3-11-7-5-6-8-13(11)14(17)16(4-2)12-9-15-10-12/h5-8,12,15H,3-4,9-10H2,1-2H3. The molecule has 1 aliphatic heterocycles. The number of amides is 1. The summed E-state index contributed by atoms with van der Waals surface area (Å²) in [6.45, 7) is 6.77. The van der Waals surface area contributed by atoms with Gasteiger partial charge in [0.1, 0.15) is 0 Å². The van der Waals surface area contributed by atoms with Crippen LogP contribution in [0, 0.1) is 0 Å². The normalized spacial score (nSPS) is 15.4. The van der Waals surface area contributed by atoms with Gasteiger partial charge in [-0.05, 0) is 25.0 Å². The maximum Gasteiger partial charge on any atom is 0.254 e. The number of carbonyl (C=O) groups excluding carboxylic acids is 1. The molecule has 0 aliphatic carbocycles. The number of aryl methyl sites for hydroxylation is 1. The summed E-state index contributed by atoms with van der Waals surface area (Å²) < 4.78 is 0. The molecule has 0 spiro atoms. The van der Waals surface area contributed by atoms with Crippen molar-refractivity contribution in [2.45, 2.75) is 26.3 Å². The van der Waals surface area contributed by atoms with Crippen molar-refractivity contribution in [3.63, 3.8) is 0 Å². The lowest BCUT2D eigenvalue weighted by Gasteiger charge is -2.38. The summed E-state index contributed by atoms with van der Waals surface area (Å²) in [6, 6.07) is 8.30. The van der Waals surface area contributed by atoms with Crippen molar-refractivity contribution in [2.75, 3.05) is 19.6 Å². The highest BCUT2D eigenvalue weighted by Crippen LogP contribution is 2.15. The second-order valence-corrected chi connectivity index (χ2v) is 4.41. The van der Waals surface area contributed by atoms with Crippen LogP contribution in [0.1, 0.15) is 29.8 Å². The van der Waals surface area contributed by atoms with E-state index in [1.54, 1.807) is 0 Å². The lowest BCUT2D eigenvalue weighted by molar-refractivity contribution is 0.0629. The maximum atomic E-state index is 12.5. The quantitative estimate of drug-likeness (QED) is 0.856. The monoisotopic (exact) mass is 232 g/mol. The number of benzene rings is 1. The van der Waals surface area contributed by atoms with Crippen LogP contribution in [0.5, 0.6) is 0 Å². The van der Waals surface area contributed by atoms with Gasteiger partial charge in [-0.2, -0.15) is 0 Å². The van der Waals surface area contributed by atoms with Crippen molar-refractivity contribution in [3.05, 3.63) is 35.4 Å². The highest BCUT2D eigenvalue weighted by molar-refractivity contribution is 5.96. The van der Waals surface area contributed by atoms with Gasteiger partial charge in [0, 0.05) is 25.2 Å². The fraction of sp³-hybridized carbons (Fsp3) is 0.500. The van der Waals surface area contributed by atoms with Crippen molar-refractivity contribution < 1.29 is 4.79 Å². The Morgan fingerprint density at radius 1 is 1.35 bits per heavy atom. The molecule has 0 radical (unpaired) electrons. The van der Waals surface area contributed by atoms with Crippen molar-refractivity contribution in [3.8, 4) is 0 Å². The number of nitrogens with one attached hydrogen (secondary N) is 1. The molecule has 0 bridgehead atoms. The van der Waals surface area contributed by atoms with Gasteiger partial charge < -0.3 is 10.2 Å². The van der Waals surface area contributed by atoms with Crippen LogP contribution in [0.3, 0.4) is 0 Å². The molecule has 1 aliphatic rings. The Bertz CT molecular complexity index is 399. The molecule has 1 saturated heterocycles. The lowest BCUT2D eigenvalue weighted by Crippen LogP contribution is -2.58. The molecule has 17 heavy (non-hydrogen) atoms. The first-order valence-electron chi connectivity index (χ1n) is 6.37. The highest BCUT2D eigenvalue weighted by Gasteiger charge is 2.28. The predicted octanol–water partition coefficient (Wildman–Crippen LogP) is 1.68. The van der Waals surface area contributed by atoms with E-state index in [1.165, 1.54) is 0 Å². The fourth-order valence-electron chi connectivity index (χ4n) is 2.25. The van der Waals surface area contributed by atoms with Crippen molar-refractivity contribution >= 4 is 5.91 Å². The predicted molar refractivity (Wildman–Crippen MR) is 69.2 cm³/mol. The van der Waals surface area contributed by atoms with Gasteiger partial charge in [0.25, 0.3) is 5.91 Å². The molecule has 0 aromatic heterocycles. The molecular formula is C14H20N2O. The Kier molecular flexibility index (Phi) is 3.79. The molecule has 2 rings (SSSR count). The molecule has 3 heteroatoms. The maximum absolute atomic E-state index is 12.5. The average molecular weight is 232 g/mol. The molecule has 1 aromatic rings. The minimum atomic E-state index is 0.177. The Labute approximate surface area is 103 Å². The molecule has 1 N–H and O–H groups in total. The van der Waals surface area contributed by atoms with Gasteiger partial charge in [-0.25, -0.2) is 0 Å². The van der Waals surface area contributed by atoms with Gasteiger partial charge >= 0.3 is 0 Å². The zero-order chi connectivity index (χ0) is 12.3. The molecule has 3 nitrogen and oxygen atoms in total. The first-order valence-corrected chi connectivity index (χ1v) is 6.37. The third-order valence-electron chi connectivity index (χ3n) is 3.43. The second-order valence-electron chi connectivity index (χ2n) is 4.41. The minimum absolute atomic E-state index is 0.177. The molecular weight excluding hydrogens is 212 g/mol. The minimum Gasteiger partial charge on any atom is -0.333 e. The van der Waals surface area contributed by atoms with Crippen LogP contribution in [0.4, 0.5) is 0 Å². The summed E-state index contributed by atoms with van der Waals surface area (Å²) in [7, 11) is 0. The molecule has 0 unspecified atom stereocenters. The third-order valence-corrected chi connectivity index (χ3v) is 3.43. The smallest absolute Gasteiger partial charge is 0.254 e. The Balaban J connectivity index is 2.22. The molecule has 0 atom stereocenters. The molecule has 1 fully saturated rings. The van der Waals surface area contributed by atoms with E-state index in [1.807, 2.05) is 36.1 Å². The highest BCUT2D eigenvalue weighted by atomic mass is 16.2. The number of hydrogen-bond acceptors (Lipinski definition) is 2. The molecule has 1 heterocycles. The van der Waals surface area contributed by atoms with E-state index in [2.05, 4.69) is 12.2 Å². The summed E-state index contributed by atoms with van der Waals surface area (Å²) in [4.78, 5) is 14.5. The van der Waals surface area contributed by atoms with E-state index in [-0.39, 0.29) is 5.91 Å². The summed E-state index contributed by atoms with van der Waals surface area (Å²) in [6.07, 6.45) is 0.905. The molecule has 92 valence electrons. The van der Waals surface area contributed by atoms with Crippen LogP contribution in [-0.4, -0.2) is 36.5 Å². The van der Waals surface area contributed by atoms with Crippen LogP contribution in [0.25, 0.3) is 0 Å². The first kappa shape index (κ1) is 12.1. The summed E-state index contributed by atoms with van der Waals surface area (Å²) >= 11 is 0. The summed E-state index contributed by atoms with van der Waals surface area (Å²) in [5, 5.41) is 3.22. The lowest BCUT2D eigenvalue weighted by atomic mass is 10.0.